The van der Waals surface area contributed by atoms with Gasteiger partial charge in [0.05, 0.1) is 12.2 Å². The van der Waals surface area contributed by atoms with E-state index in [1.165, 1.54) is 0 Å². The summed E-state index contributed by atoms with van der Waals surface area (Å²) in [4.78, 5) is 22.8. The summed E-state index contributed by atoms with van der Waals surface area (Å²) in [6.45, 7) is 5.43. The van der Waals surface area contributed by atoms with Crippen LogP contribution in [0.4, 0.5) is 0 Å². The van der Waals surface area contributed by atoms with E-state index in [4.69, 9.17) is 4.74 Å². The SMILES string of the molecule is Cc1[nH]c2ccc(C(=O)N3CCOc4ccc(C(O)c5ccccn5)cc4C3)cc2c1C. The zero-order valence-electron chi connectivity index (χ0n) is 18.1. The topological polar surface area (TPSA) is 78.5 Å². The van der Waals surface area contributed by atoms with Gasteiger partial charge in [0.1, 0.15) is 18.5 Å². The van der Waals surface area contributed by atoms with Crippen molar-refractivity contribution in [3.63, 3.8) is 0 Å². The normalized spacial score (nSPS) is 14.5. The molecule has 2 N–H and O–H groups in total. The van der Waals surface area contributed by atoms with Gasteiger partial charge in [-0.15, -0.1) is 0 Å². The molecule has 1 aliphatic rings. The van der Waals surface area contributed by atoms with Crippen molar-refractivity contribution in [2.75, 3.05) is 13.2 Å². The molecule has 6 nitrogen and oxygen atoms in total. The van der Waals surface area contributed by atoms with Crippen molar-refractivity contribution in [3.8, 4) is 5.75 Å². The molecule has 5 rings (SSSR count). The van der Waals surface area contributed by atoms with Crippen molar-refractivity contribution in [3.05, 3.63) is 94.4 Å². The monoisotopic (exact) mass is 427 g/mol. The van der Waals surface area contributed by atoms with E-state index in [0.29, 0.717) is 31.0 Å². The first kappa shape index (κ1) is 20.3. The molecule has 0 aliphatic carbocycles. The Bertz CT molecular complexity index is 1300. The molecule has 0 saturated carbocycles. The highest BCUT2D eigenvalue weighted by atomic mass is 16.5. The molecule has 0 bridgehead atoms. The van der Waals surface area contributed by atoms with Crippen LogP contribution in [0, 0.1) is 13.8 Å². The zero-order valence-corrected chi connectivity index (χ0v) is 18.1. The van der Waals surface area contributed by atoms with E-state index < -0.39 is 6.10 Å². The maximum Gasteiger partial charge on any atom is 0.254 e. The van der Waals surface area contributed by atoms with Gasteiger partial charge >= 0.3 is 0 Å². The number of aliphatic hydroxyl groups is 1. The molecule has 6 heteroatoms. The second-order valence-corrected chi connectivity index (χ2v) is 8.23. The fourth-order valence-electron chi connectivity index (χ4n) is 4.24. The summed E-state index contributed by atoms with van der Waals surface area (Å²) in [7, 11) is 0. The molecule has 0 radical (unpaired) electrons. The largest absolute Gasteiger partial charge is 0.491 e. The van der Waals surface area contributed by atoms with E-state index in [2.05, 4.69) is 16.9 Å². The first-order valence-electron chi connectivity index (χ1n) is 10.7. The molecule has 0 spiro atoms. The van der Waals surface area contributed by atoms with Crippen LogP contribution in [-0.4, -0.2) is 39.0 Å². The molecule has 2 aromatic carbocycles. The first-order chi connectivity index (χ1) is 15.5. The van der Waals surface area contributed by atoms with E-state index in [1.54, 1.807) is 17.2 Å². The molecule has 4 aromatic rings. The van der Waals surface area contributed by atoms with Gasteiger partial charge in [0, 0.05) is 40.5 Å². The fourth-order valence-corrected chi connectivity index (χ4v) is 4.24. The molecule has 162 valence electrons. The number of carbonyl (C=O) groups is 1. The van der Waals surface area contributed by atoms with Gasteiger partial charge < -0.3 is 19.7 Å². The maximum atomic E-state index is 13.4. The number of amides is 1. The standard InChI is InChI=1S/C26H25N3O3/c1-16-17(2)28-22-8-6-19(14-21(16)22)26(31)29-11-12-32-24-9-7-18(13-20(24)15-29)25(30)23-5-3-4-10-27-23/h3-10,13-14,25,28,30H,11-12,15H2,1-2H3. The summed E-state index contributed by atoms with van der Waals surface area (Å²) in [6, 6.07) is 16.9. The molecule has 32 heavy (non-hydrogen) atoms. The van der Waals surface area contributed by atoms with Crippen molar-refractivity contribution in [2.24, 2.45) is 0 Å². The number of aromatic nitrogens is 2. The number of H-pyrrole nitrogens is 1. The van der Waals surface area contributed by atoms with Crippen LogP contribution >= 0.6 is 0 Å². The van der Waals surface area contributed by atoms with Gasteiger partial charge in [-0.25, -0.2) is 0 Å². The third-order valence-electron chi connectivity index (χ3n) is 6.19. The Balaban J connectivity index is 1.43. The fraction of sp³-hybridized carbons (Fsp3) is 0.231. The van der Waals surface area contributed by atoms with Crippen molar-refractivity contribution in [2.45, 2.75) is 26.5 Å². The van der Waals surface area contributed by atoms with E-state index >= 15 is 0 Å². The number of carbonyl (C=O) groups excluding carboxylic acids is 1. The van der Waals surface area contributed by atoms with Gasteiger partial charge in [0.25, 0.3) is 5.91 Å². The number of ether oxygens (including phenoxy) is 1. The summed E-state index contributed by atoms with van der Waals surface area (Å²) in [5, 5.41) is 11.8. The maximum absolute atomic E-state index is 13.4. The summed E-state index contributed by atoms with van der Waals surface area (Å²) >= 11 is 0. The van der Waals surface area contributed by atoms with Crippen molar-refractivity contribution in [1.29, 1.82) is 0 Å². The minimum absolute atomic E-state index is 0.0303. The second-order valence-electron chi connectivity index (χ2n) is 8.23. The number of pyridine rings is 1. The average Bonchev–Trinajstić information content (AvgIpc) is 2.99. The minimum atomic E-state index is -0.837. The lowest BCUT2D eigenvalue weighted by Gasteiger charge is -2.20. The Morgan fingerprint density at radius 2 is 2.03 bits per heavy atom. The number of fused-ring (bicyclic) bond motifs is 2. The average molecular weight is 428 g/mol. The number of nitrogens with one attached hydrogen (secondary N) is 1. The zero-order chi connectivity index (χ0) is 22.2. The van der Waals surface area contributed by atoms with E-state index in [9.17, 15) is 9.90 Å². The van der Waals surface area contributed by atoms with E-state index in [1.807, 2.05) is 55.5 Å². The molecular weight excluding hydrogens is 402 g/mol. The molecule has 3 heterocycles. The third kappa shape index (κ3) is 3.63. The predicted octanol–water partition coefficient (Wildman–Crippen LogP) is 4.30. The summed E-state index contributed by atoms with van der Waals surface area (Å²) in [6.07, 6.45) is 0.826. The van der Waals surface area contributed by atoms with Crippen molar-refractivity contribution in [1.82, 2.24) is 14.9 Å². The molecule has 0 saturated heterocycles. The van der Waals surface area contributed by atoms with Gasteiger partial charge in [-0.05, 0) is 67.4 Å². The van der Waals surface area contributed by atoms with Crippen LogP contribution in [0.2, 0.25) is 0 Å². The van der Waals surface area contributed by atoms with Crippen LogP contribution in [0.25, 0.3) is 10.9 Å². The van der Waals surface area contributed by atoms with E-state index in [-0.39, 0.29) is 5.91 Å². The molecule has 1 amide bonds. The van der Waals surface area contributed by atoms with Crippen LogP contribution in [0.3, 0.4) is 0 Å². The minimum Gasteiger partial charge on any atom is -0.491 e. The van der Waals surface area contributed by atoms with Crippen molar-refractivity contribution >= 4 is 16.8 Å². The van der Waals surface area contributed by atoms with Crippen LogP contribution in [0.1, 0.15) is 44.5 Å². The number of hydrogen-bond donors (Lipinski definition) is 2. The number of benzene rings is 2. The van der Waals surface area contributed by atoms with Gasteiger partial charge in [-0.2, -0.15) is 0 Å². The van der Waals surface area contributed by atoms with Crippen LogP contribution < -0.4 is 4.74 Å². The van der Waals surface area contributed by atoms with Gasteiger partial charge in [0.15, 0.2) is 0 Å². The first-order valence-corrected chi connectivity index (χ1v) is 10.7. The number of hydrogen-bond acceptors (Lipinski definition) is 4. The highest BCUT2D eigenvalue weighted by Gasteiger charge is 2.23. The van der Waals surface area contributed by atoms with Gasteiger partial charge in [-0.3, -0.25) is 9.78 Å². The molecule has 2 aromatic heterocycles. The third-order valence-corrected chi connectivity index (χ3v) is 6.19. The van der Waals surface area contributed by atoms with Crippen molar-refractivity contribution < 1.29 is 14.6 Å². The Morgan fingerprint density at radius 3 is 2.84 bits per heavy atom. The van der Waals surface area contributed by atoms with Crippen LogP contribution in [0.15, 0.2) is 60.8 Å². The lowest BCUT2D eigenvalue weighted by molar-refractivity contribution is 0.0733. The summed E-state index contributed by atoms with van der Waals surface area (Å²) in [5.74, 6) is 0.710. The smallest absolute Gasteiger partial charge is 0.254 e. The highest BCUT2D eigenvalue weighted by Crippen LogP contribution is 2.30. The number of nitrogens with zero attached hydrogens (tertiary/aromatic N) is 2. The predicted molar refractivity (Wildman–Crippen MR) is 123 cm³/mol. The molecular formula is C26H25N3O3. The number of aryl methyl sites for hydroxylation is 2. The molecule has 1 unspecified atom stereocenters. The quantitative estimate of drug-likeness (QED) is 0.511. The molecule has 0 fully saturated rings. The van der Waals surface area contributed by atoms with Gasteiger partial charge in [0.2, 0.25) is 0 Å². The van der Waals surface area contributed by atoms with Crippen LogP contribution in [-0.2, 0) is 6.54 Å². The second kappa shape index (κ2) is 8.13. The highest BCUT2D eigenvalue weighted by molar-refractivity contribution is 5.99. The number of aliphatic hydroxyl groups excluding tert-OH is 1. The summed E-state index contributed by atoms with van der Waals surface area (Å²) in [5.41, 5.74) is 6.15. The Labute approximate surface area is 186 Å². The number of rotatable bonds is 3. The Morgan fingerprint density at radius 1 is 1.16 bits per heavy atom. The molecule has 1 atom stereocenters. The lowest BCUT2D eigenvalue weighted by atomic mass is 10.0. The van der Waals surface area contributed by atoms with Crippen LogP contribution in [0.5, 0.6) is 5.75 Å². The van der Waals surface area contributed by atoms with Gasteiger partial charge in [-0.1, -0.05) is 12.1 Å². The lowest BCUT2D eigenvalue weighted by Crippen LogP contribution is -2.32. The molecule has 1 aliphatic heterocycles. The Hall–Kier alpha value is -3.64. The summed E-state index contributed by atoms with van der Waals surface area (Å²) < 4.78 is 5.90. The number of aromatic amines is 1. The Kier molecular flexibility index (Phi) is 5.15. The van der Waals surface area contributed by atoms with E-state index in [0.717, 1.165) is 39.0 Å².